The minimum absolute atomic E-state index is 0.169. The van der Waals surface area contributed by atoms with Crippen molar-refractivity contribution in [3.63, 3.8) is 0 Å². The maximum atomic E-state index is 13.1. The number of pyridine rings is 1. The van der Waals surface area contributed by atoms with Gasteiger partial charge < -0.3 is 5.32 Å². The summed E-state index contributed by atoms with van der Waals surface area (Å²) < 4.78 is 39.4. The maximum absolute atomic E-state index is 13.1. The molecule has 0 aliphatic carbocycles. The van der Waals surface area contributed by atoms with E-state index in [0.717, 1.165) is 23.3 Å². The van der Waals surface area contributed by atoms with Crippen molar-refractivity contribution >= 4 is 17.2 Å². The van der Waals surface area contributed by atoms with Crippen LogP contribution in [0.15, 0.2) is 23.7 Å². The molecule has 2 aromatic heterocycles. The molecule has 2 rings (SSSR count). The topological polar surface area (TPSA) is 54.9 Å². The molecule has 1 N–H and O–H groups in total. The lowest BCUT2D eigenvalue weighted by Gasteiger charge is -2.19. The van der Waals surface area contributed by atoms with Crippen molar-refractivity contribution in [3.8, 4) is 0 Å². The molecule has 0 aromatic carbocycles. The number of thiazole rings is 1. The van der Waals surface area contributed by atoms with Crippen molar-refractivity contribution < 1.29 is 18.0 Å². The second-order valence-corrected chi connectivity index (χ2v) is 5.95. The van der Waals surface area contributed by atoms with E-state index < -0.39 is 18.1 Å². The number of nitrogens with one attached hydrogen (secondary N) is 1. The molecule has 1 atom stereocenters. The quantitative estimate of drug-likeness (QED) is 0.906. The van der Waals surface area contributed by atoms with Crippen LogP contribution in [0.2, 0.25) is 0 Å². The van der Waals surface area contributed by atoms with Crippen LogP contribution < -0.4 is 5.32 Å². The van der Waals surface area contributed by atoms with Gasteiger partial charge in [-0.25, -0.2) is 4.98 Å². The van der Waals surface area contributed by atoms with Gasteiger partial charge in [-0.2, -0.15) is 13.2 Å². The molecule has 0 aliphatic rings. The average molecular weight is 343 g/mol. The molecule has 1 unspecified atom stereocenters. The number of aromatic nitrogens is 2. The fourth-order valence-electron chi connectivity index (χ4n) is 1.93. The highest BCUT2D eigenvalue weighted by Crippen LogP contribution is 2.34. The van der Waals surface area contributed by atoms with Gasteiger partial charge >= 0.3 is 6.18 Å². The van der Waals surface area contributed by atoms with Crippen molar-refractivity contribution in [2.75, 3.05) is 0 Å². The molecule has 124 valence electrons. The van der Waals surface area contributed by atoms with E-state index in [4.69, 9.17) is 0 Å². The molecule has 0 radical (unpaired) electrons. The van der Waals surface area contributed by atoms with Crippen LogP contribution in [0.25, 0.3) is 0 Å². The third kappa shape index (κ3) is 4.75. The van der Waals surface area contributed by atoms with Crippen LogP contribution in [0.5, 0.6) is 0 Å². The van der Waals surface area contributed by atoms with E-state index in [2.05, 4.69) is 9.97 Å². The number of carbonyl (C=O) groups excluding carboxylic acids is 1. The van der Waals surface area contributed by atoms with Crippen molar-refractivity contribution in [3.05, 3.63) is 45.7 Å². The Morgan fingerprint density at radius 1 is 1.39 bits per heavy atom. The van der Waals surface area contributed by atoms with E-state index in [1.165, 1.54) is 5.38 Å². The van der Waals surface area contributed by atoms with Crippen molar-refractivity contribution in [1.29, 1.82) is 0 Å². The molecule has 0 aliphatic heterocycles. The van der Waals surface area contributed by atoms with E-state index in [9.17, 15) is 18.0 Å². The van der Waals surface area contributed by atoms with Crippen LogP contribution >= 0.6 is 11.3 Å². The van der Waals surface area contributed by atoms with Crippen LogP contribution in [0.4, 0.5) is 13.2 Å². The Kier molecular flexibility index (Phi) is 5.35. The standard InChI is InChI=1S/C15H16F3N3OS/c1-3-10-4-5-11(19-7-10)6-12(22)21-13(15(16,17)18)14-20-9(2)8-23-14/h4-5,7-8,13H,3,6H2,1-2H3,(H,21,22). The van der Waals surface area contributed by atoms with Gasteiger partial charge in [-0.3, -0.25) is 9.78 Å². The summed E-state index contributed by atoms with van der Waals surface area (Å²) in [5.41, 5.74) is 1.92. The molecule has 0 saturated heterocycles. The summed E-state index contributed by atoms with van der Waals surface area (Å²) >= 11 is 0.876. The smallest absolute Gasteiger partial charge is 0.339 e. The van der Waals surface area contributed by atoms with Gasteiger partial charge in [0.05, 0.1) is 6.42 Å². The van der Waals surface area contributed by atoms with Crippen LogP contribution in [0.1, 0.15) is 34.9 Å². The lowest BCUT2D eigenvalue weighted by Crippen LogP contribution is -2.39. The molecule has 1 amide bonds. The van der Waals surface area contributed by atoms with Gasteiger partial charge in [-0.1, -0.05) is 13.0 Å². The fourth-order valence-corrected chi connectivity index (χ4v) is 2.80. The van der Waals surface area contributed by atoms with E-state index in [-0.39, 0.29) is 11.4 Å². The molecule has 4 nitrogen and oxygen atoms in total. The second-order valence-electron chi connectivity index (χ2n) is 5.06. The van der Waals surface area contributed by atoms with Gasteiger partial charge in [-0.15, -0.1) is 11.3 Å². The average Bonchev–Trinajstić information content (AvgIpc) is 2.90. The van der Waals surface area contributed by atoms with Crippen molar-refractivity contribution in [1.82, 2.24) is 15.3 Å². The van der Waals surface area contributed by atoms with Gasteiger partial charge in [-0.05, 0) is 25.0 Å². The predicted molar refractivity (Wildman–Crippen MR) is 81.1 cm³/mol. The predicted octanol–water partition coefficient (Wildman–Crippen LogP) is 3.37. The zero-order valence-electron chi connectivity index (χ0n) is 12.6. The van der Waals surface area contributed by atoms with Gasteiger partial charge in [0.2, 0.25) is 5.91 Å². The highest BCUT2D eigenvalue weighted by atomic mass is 32.1. The summed E-state index contributed by atoms with van der Waals surface area (Å²) in [7, 11) is 0. The Morgan fingerprint density at radius 2 is 2.13 bits per heavy atom. The third-order valence-electron chi connectivity index (χ3n) is 3.15. The lowest BCUT2D eigenvalue weighted by atomic mass is 10.2. The SMILES string of the molecule is CCc1ccc(CC(=O)NC(c2nc(C)cs2)C(F)(F)F)nc1. The summed E-state index contributed by atoms with van der Waals surface area (Å²) in [6.45, 7) is 3.57. The minimum atomic E-state index is -4.60. The minimum Gasteiger partial charge on any atom is -0.339 e. The molecular formula is C15H16F3N3OS. The summed E-state index contributed by atoms with van der Waals surface area (Å²) in [5, 5.41) is 3.36. The Bertz CT molecular complexity index is 667. The molecular weight excluding hydrogens is 327 g/mol. The van der Waals surface area contributed by atoms with Gasteiger partial charge in [0.1, 0.15) is 5.01 Å². The number of rotatable bonds is 5. The normalized spacial score (nSPS) is 12.9. The summed E-state index contributed by atoms with van der Waals surface area (Å²) in [6.07, 6.45) is -2.38. The van der Waals surface area contributed by atoms with Gasteiger partial charge in [0.15, 0.2) is 6.04 Å². The number of hydrogen-bond acceptors (Lipinski definition) is 4. The first-order chi connectivity index (χ1) is 10.8. The Balaban J connectivity index is 2.08. The highest BCUT2D eigenvalue weighted by molar-refractivity contribution is 7.09. The van der Waals surface area contributed by atoms with Crippen LogP contribution in [-0.2, 0) is 17.6 Å². The van der Waals surface area contributed by atoms with E-state index in [0.29, 0.717) is 11.4 Å². The van der Waals surface area contributed by atoms with E-state index in [1.54, 1.807) is 25.3 Å². The van der Waals surface area contributed by atoms with Crippen LogP contribution in [-0.4, -0.2) is 22.1 Å². The zero-order chi connectivity index (χ0) is 17.0. The zero-order valence-corrected chi connectivity index (χ0v) is 13.5. The Hall–Kier alpha value is -1.96. The number of aryl methyl sites for hydroxylation is 2. The molecule has 0 fully saturated rings. The first kappa shape index (κ1) is 17.4. The summed E-state index contributed by atoms with van der Waals surface area (Å²) in [5.74, 6) is -0.739. The number of hydrogen-bond donors (Lipinski definition) is 1. The molecule has 2 heterocycles. The highest BCUT2D eigenvalue weighted by Gasteiger charge is 2.43. The molecule has 0 spiro atoms. The van der Waals surface area contributed by atoms with E-state index in [1.807, 2.05) is 12.2 Å². The molecule has 8 heteroatoms. The van der Waals surface area contributed by atoms with Gasteiger partial charge in [0, 0.05) is 23.0 Å². The number of nitrogens with zero attached hydrogens (tertiary/aromatic N) is 2. The van der Waals surface area contributed by atoms with Crippen molar-refractivity contribution in [2.45, 2.75) is 38.9 Å². The Morgan fingerprint density at radius 3 is 2.61 bits per heavy atom. The summed E-state index contributed by atoms with van der Waals surface area (Å²) in [4.78, 5) is 19.8. The number of halogens is 3. The lowest BCUT2D eigenvalue weighted by molar-refractivity contribution is -0.163. The first-order valence-corrected chi connectivity index (χ1v) is 7.89. The number of carbonyl (C=O) groups is 1. The molecule has 0 bridgehead atoms. The number of alkyl halides is 3. The van der Waals surface area contributed by atoms with Crippen LogP contribution in [0, 0.1) is 6.92 Å². The van der Waals surface area contributed by atoms with Gasteiger partial charge in [0.25, 0.3) is 0 Å². The van der Waals surface area contributed by atoms with Crippen LogP contribution in [0.3, 0.4) is 0 Å². The largest absolute Gasteiger partial charge is 0.415 e. The first-order valence-electron chi connectivity index (χ1n) is 7.01. The molecule has 2 aromatic rings. The molecule has 23 heavy (non-hydrogen) atoms. The molecule has 0 saturated carbocycles. The third-order valence-corrected chi connectivity index (χ3v) is 4.18. The monoisotopic (exact) mass is 343 g/mol. The maximum Gasteiger partial charge on any atom is 0.415 e. The second kappa shape index (κ2) is 7.08. The number of amides is 1. The fraction of sp³-hybridized carbons (Fsp3) is 0.400. The van der Waals surface area contributed by atoms with E-state index >= 15 is 0 Å². The summed E-state index contributed by atoms with van der Waals surface area (Å²) in [6, 6.07) is 1.36. The van der Waals surface area contributed by atoms with Crippen molar-refractivity contribution in [2.24, 2.45) is 0 Å². The Labute approximate surface area is 135 Å².